The average Bonchev–Trinajstić information content (AvgIpc) is 2.36. The van der Waals surface area contributed by atoms with E-state index in [0.29, 0.717) is 6.04 Å². The number of rotatable bonds is 4. The molecule has 0 N–H and O–H groups in total. The zero-order valence-corrected chi connectivity index (χ0v) is 13.6. The van der Waals surface area contributed by atoms with Gasteiger partial charge in [-0.2, -0.15) is 5.26 Å². The summed E-state index contributed by atoms with van der Waals surface area (Å²) in [5.74, 6) is 0.983. The Kier molecular flexibility index (Phi) is 5.31. The van der Waals surface area contributed by atoms with Crippen molar-refractivity contribution < 1.29 is 0 Å². The van der Waals surface area contributed by atoms with E-state index in [0.717, 1.165) is 21.9 Å². The number of nitriles is 1. The number of benzene rings is 1. The van der Waals surface area contributed by atoms with Crippen molar-refractivity contribution in [1.82, 2.24) is 0 Å². The van der Waals surface area contributed by atoms with Crippen molar-refractivity contribution in [3.63, 3.8) is 0 Å². The zero-order chi connectivity index (χ0) is 14.6. The molecule has 104 valence electrons. The number of hydrogen-bond acceptors (Lipinski definition) is 3. The molecule has 1 unspecified atom stereocenters. The van der Waals surface area contributed by atoms with E-state index >= 15 is 0 Å². The highest BCUT2D eigenvalue weighted by Crippen LogP contribution is 2.33. The van der Waals surface area contributed by atoms with Crippen molar-refractivity contribution in [2.75, 3.05) is 17.7 Å². The molecule has 0 heterocycles. The van der Waals surface area contributed by atoms with Crippen LogP contribution in [0.1, 0.15) is 40.2 Å². The molecule has 0 aliphatic carbocycles. The van der Waals surface area contributed by atoms with Gasteiger partial charge in [0.25, 0.3) is 0 Å². The molecule has 1 rings (SSSR count). The van der Waals surface area contributed by atoms with Gasteiger partial charge in [0.1, 0.15) is 6.07 Å². The van der Waals surface area contributed by atoms with Gasteiger partial charge < -0.3 is 4.90 Å². The maximum atomic E-state index is 9.47. The lowest BCUT2D eigenvalue weighted by molar-refractivity contribution is 0.329. The Labute approximate surface area is 121 Å². The molecule has 0 aliphatic heterocycles. The first-order valence-corrected chi connectivity index (χ1v) is 7.70. The quantitative estimate of drug-likeness (QED) is 0.755. The maximum absolute atomic E-state index is 9.47. The summed E-state index contributed by atoms with van der Waals surface area (Å²) in [6, 6.07) is 8.85. The van der Waals surface area contributed by atoms with Crippen LogP contribution >= 0.6 is 11.8 Å². The molecular weight excluding hydrogens is 252 g/mol. The summed E-state index contributed by atoms with van der Waals surface area (Å²) in [6.07, 6.45) is 0. The summed E-state index contributed by atoms with van der Waals surface area (Å²) in [5.41, 5.74) is 2.01. The fourth-order valence-corrected chi connectivity index (χ4v) is 2.77. The second-order valence-corrected chi connectivity index (χ2v) is 7.15. The van der Waals surface area contributed by atoms with Crippen LogP contribution in [0.4, 0.5) is 5.69 Å². The molecule has 0 saturated heterocycles. The Morgan fingerprint density at radius 3 is 2.47 bits per heavy atom. The van der Waals surface area contributed by atoms with E-state index in [1.807, 2.05) is 18.2 Å². The van der Waals surface area contributed by atoms with Gasteiger partial charge in [-0.3, -0.25) is 0 Å². The fourth-order valence-electron chi connectivity index (χ4n) is 1.99. The highest BCUT2D eigenvalue weighted by molar-refractivity contribution is 7.99. The van der Waals surface area contributed by atoms with Gasteiger partial charge in [0.05, 0.1) is 11.3 Å². The lowest BCUT2D eigenvalue weighted by Crippen LogP contribution is -2.39. The van der Waals surface area contributed by atoms with E-state index in [1.165, 1.54) is 0 Å². The smallest absolute Gasteiger partial charge is 0.103 e. The Morgan fingerprint density at radius 1 is 1.37 bits per heavy atom. The largest absolute Gasteiger partial charge is 0.370 e. The van der Waals surface area contributed by atoms with Crippen molar-refractivity contribution in [3.8, 4) is 6.07 Å². The topological polar surface area (TPSA) is 27.0 Å². The third-order valence-corrected chi connectivity index (χ3v) is 4.57. The summed E-state index contributed by atoms with van der Waals surface area (Å²) >= 11 is 1.73. The van der Waals surface area contributed by atoms with Crippen molar-refractivity contribution in [1.29, 1.82) is 5.26 Å². The molecule has 0 radical (unpaired) electrons. The van der Waals surface area contributed by atoms with E-state index in [9.17, 15) is 5.26 Å². The number of anilines is 1. The zero-order valence-electron chi connectivity index (χ0n) is 12.8. The maximum Gasteiger partial charge on any atom is 0.103 e. The molecule has 1 aromatic rings. The molecule has 0 aliphatic rings. The molecule has 0 aromatic heterocycles. The van der Waals surface area contributed by atoms with Crippen LogP contribution in [0.5, 0.6) is 0 Å². The third kappa shape index (κ3) is 3.67. The number of thioether (sulfide) groups is 1. The number of nitrogens with zero attached hydrogens (tertiary/aromatic N) is 2. The highest BCUT2D eigenvalue weighted by Gasteiger charge is 2.25. The molecule has 19 heavy (non-hydrogen) atoms. The second-order valence-electron chi connectivity index (χ2n) is 5.85. The van der Waals surface area contributed by atoms with Crippen LogP contribution < -0.4 is 4.90 Å². The van der Waals surface area contributed by atoms with Gasteiger partial charge in [0.15, 0.2) is 0 Å². The molecule has 3 heteroatoms. The first kappa shape index (κ1) is 15.9. The predicted octanol–water partition coefficient (Wildman–Crippen LogP) is 4.54. The standard InChI is InChI=1S/C16H24N2S/c1-7-19-15-10-8-9-14(13(15)11-17)18(6)12(2)16(3,4)5/h8-10,12H,7H2,1-6H3. The Hall–Kier alpha value is -1.14. The summed E-state index contributed by atoms with van der Waals surface area (Å²) in [5, 5.41) is 9.47. The number of hydrogen-bond donors (Lipinski definition) is 0. The minimum Gasteiger partial charge on any atom is -0.370 e. The van der Waals surface area contributed by atoms with Crippen molar-refractivity contribution >= 4 is 17.4 Å². The summed E-state index contributed by atoms with van der Waals surface area (Å²) in [7, 11) is 2.08. The highest BCUT2D eigenvalue weighted by atomic mass is 32.2. The monoisotopic (exact) mass is 276 g/mol. The lowest BCUT2D eigenvalue weighted by atomic mass is 9.86. The SMILES string of the molecule is CCSc1cccc(N(C)C(C)C(C)(C)C)c1C#N. The van der Waals surface area contributed by atoms with Crippen LogP contribution in [0, 0.1) is 16.7 Å². The van der Waals surface area contributed by atoms with E-state index in [1.54, 1.807) is 11.8 Å². The molecule has 2 nitrogen and oxygen atoms in total. The molecule has 0 amide bonds. The Bertz CT molecular complexity index is 469. The fraction of sp³-hybridized carbons (Fsp3) is 0.562. The summed E-state index contributed by atoms with van der Waals surface area (Å²) < 4.78 is 0. The van der Waals surface area contributed by atoms with Gasteiger partial charge in [0, 0.05) is 18.0 Å². The van der Waals surface area contributed by atoms with Crippen LogP contribution in [0.15, 0.2) is 23.1 Å². The van der Waals surface area contributed by atoms with E-state index < -0.39 is 0 Å². The van der Waals surface area contributed by atoms with Crippen molar-refractivity contribution in [2.24, 2.45) is 5.41 Å². The summed E-state index contributed by atoms with van der Waals surface area (Å²) in [6.45, 7) is 11.0. The lowest BCUT2D eigenvalue weighted by Gasteiger charge is -2.37. The van der Waals surface area contributed by atoms with E-state index in [4.69, 9.17) is 0 Å². The van der Waals surface area contributed by atoms with Gasteiger partial charge >= 0.3 is 0 Å². The van der Waals surface area contributed by atoms with Gasteiger partial charge in [-0.1, -0.05) is 33.8 Å². The summed E-state index contributed by atoms with van der Waals surface area (Å²) in [4.78, 5) is 3.30. The van der Waals surface area contributed by atoms with Crippen LogP contribution in [-0.2, 0) is 0 Å². The molecular formula is C16H24N2S. The van der Waals surface area contributed by atoms with Crippen LogP contribution in [0.2, 0.25) is 0 Å². The van der Waals surface area contributed by atoms with Gasteiger partial charge in [-0.15, -0.1) is 11.8 Å². The van der Waals surface area contributed by atoms with Gasteiger partial charge in [0.2, 0.25) is 0 Å². The minimum absolute atomic E-state index is 0.176. The van der Waals surface area contributed by atoms with E-state index in [-0.39, 0.29) is 5.41 Å². The predicted molar refractivity (Wildman–Crippen MR) is 84.9 cm³/mol. The molecule has 1 aromatic carbocycles. The van der Waals surface area contributed by atoms with Crippen LogP contribution in [0.25, 0.3) is 0 Å². The molecule has 0 bridgehead atoms. The van der Waals surface area contributed by atoms with E-state index in [2.05, 4.69) is 52.6 Å². The Morgan fingerprint density at radius 2 is 2.00 bits per heavy atom. The molecule has 0 fully saturated rings. The molecule has 1 atom stereocenters. The molecule has 0 saturated carbocycles. The van der Waals surface area contributed by atoms with Gasteiger partial charge in [-0.05, 0) is 30.2 Å². The normalized spacial score (nSPS) is 12.9. The van der Waals surface area contributed by atoms with Crippen LogP contribution in [0.3, 0.4) is 0 Å². The Balaban J connectivity index is 3.21. The van der Waals surface area contributed by atoms with Crippen molar-refractivity contribution in [2.45, 2.75) is 45.6 Å². The third-order valence-electron chi connectivity index (χ3n) is 3.63. The molecule has 0 spiro atoms. The first-order chi connectivity index (χ1) is 8.82. The van der Waals surface area contributed by atoms with Crippen molar-refractivity contribution in [3.05, 3.63) is 23.8 Å². The van der Waals surface area contributed by atoms with Gasteiger partial charge in [-0.25, -0.2) is 0 Å². The minimum atomic E-state index is 0.176. The first-order valence-electron chi connectivity index (χ1n) is 6.71. The second kappa shape index (κ2) is 6.34. The average molecular weight is 276 g/mol. The van der Waals surface area contributed by atoms with Crippen LogP contribution in [-0.4, -0.2) is 18.8 Å².